The Labute approximate surface area is 122 Å². The monoisotopic (exact) mass is 273 g/mol. The topological polar surface area (TPSA) is 41.6 Å². The highest BCUT2D eigenvalue weighted by Crippen LogP contribution is 2.27. The van der Waals surface area contributed by atoms with E-state index in [-0.39, 0.29) is 0 Å². The zero-order chi connectivity index (χ0) is 14.1. The number of H-pyrrole nitrogens is 1. The summed E-state index contributed by atoms with van der Waals surface area (Å²) in [6.45, 7) is 0. The van der Waals surface area contributed by atoms with Gasteiger partial charge >= 0.3 is 0 Å². The van der Waals surface area contributed by atoms with Crippen LogP contribution in [-0.4, -0.2) is 15.0 Å². The van der Waals surface area contributed by atoms with E-state index in [1.54, 1.807) is 0 Å². The van der Waals surface area contributed by atoms with E-state index in [1.807, 2.05) is 30.9 Å². The van der Waals surface area contributed by atoms with Crippen LogP contribution in [0.5, 0.6) is 0 Å². The zero-order valence-electron chi connectivity index (χ0n) is 11.6. The van der Waals surface area contributed by atoms with Gasteiger partial charge in [0.15, 0.2) is 0 Å². The van der Waals surface area contributed by atoms with Gasteiger partial charge in [0.25, 0.3) is 0 Å². The fraction of sp³-hybridized carbons (Fsp3) is 0.111. The molecule has 3 nitrogen and oxygen atoms in total. The van der Waals surface area contributed by atoms with Gasteiger partial charge in [0.1, 0.15) is 0 Å². The number of benzene rings is 1. The van der Waals surface area contributed by atoms with Crippen LogP contribution >= 0.6 is 0 Å². The Hall–Kier alpha value is -2.68. The maximum Gasteiger partial charge on any atom is 0.0755 e. The summed E-state index contributed by atoms with van der Waals surface area (Å²) in [6, 6.07) is 12.7. The number of nitrogens with zero attached hydrogens (tertiary/aromatic N) is 2. The highest BCUT2D eigenvalue weighted by molar-refractivity contribution is 6.05. The molecule has 0 fully saturated rings. The minimum Gasteiger partial charge on any atom is -0.361 e. The predicted molar refractivity (Wildman–Crippen MR) is 85.2 cm³/mol. The summed E-state index contributed by atoms with van der Waals surface area (Å²) < 4.78 is 0. The fourth-order valence-electron chi connectivity index (χ4n) is 2.87. The van der Waals surface area contributed by atoms with Gasteiger partial charge in [-0.25, -0.2) is 0 Å². The van der Waals surface area contributed by atoms with E-state index < -0.39 is 0 Å². The van der Waals surface area contributed by atoms with Crippen molar-refractivity contribution in [2.45, 2.75) is 12.8 Å². The van der Waals surface area contributed by atoms with Crippen LogP contribution < -0.4 is 0 Å². The lowest BCUT2D eigenvalue weighted by Crippen LogP contribution is -1.95. The van der Waals surface area contributed by atoms with Crippen molar-refractivity contribution < 1.29 is 0 Å². The molecule has 102 valence electrons. The molecule has 1 aromatic carbocycles. The minimum atomic E-state index is 0.985. The first-order chi connectivity index (χ1) is 10.4. The van der Waals surface area contributed by atoms with Gasteiger partial charge in [-0.15, -0.1) is 0 Å². The standard InChI is InChI=1S/C18H15N3/c1-2-16-17(20-8-1)14(12-15-7-11-21-18(15)16)4-3-13-5-9-19-10-6-13/h1-2,5-12,21H,3-4H2. The Morgan fingerprint density at radius 3 is 2.76 bits per heavy atom. The largest absolute Gasteiger partial charge is 0.361 e. The lowest BCUT2D eigenvalue weighted by atomic mass is 10.00. The van der Waals surface area contributed by atoms with E-state index >= 15 is 0 Å². The summed E-state index contributed by atoms with van der Waals surface area (Å²) in [5.41, 5.74) is 4.88. The smallest absolute Gasteiger partial charge is 0.0755 e. The number of nitrogens with one attached hydrogen (secondary N) is 1. The van der Waals surface area contributed by atoms with Crippen LogP contribution in [0.1, 0.15) is 11.1 Å². The maximum absolute atomic E-state index is 4.59. The minimum absolute atomic E-state index is 0.985. The number of hydrogen-bond acceptors (Lipinski definition) is 2. The second-order valence-electron chi connectivity index (χ2n) is 5.23. The SMILES string of the molecule is c1cnc2c(CCc3ccncc3)cc3cc[nH]c3c2c1. The molecule has 3 aromatic heterocycles. The van der Waals surface area contributed by atoms with E-state index in [0.717, 1.165) is 18.4 Å². The van der Waals surface area contributed by atoms with Gasteiger partial charge in [-0.2, -0.15) is 0 Å². The lowest BCUT2D eigenvalue weighted by molar-refractivity contribution is 0.961. The summed E-state index contributed by atoms with van der Waals surface area (Å²) in [5, 5.41) is 2.45. The average Bonchev–Trinajstić information content (AvgIpc) is 3.02. The molecule has 21 heavy (non-hydrogen) atoms. The summed E-state index contributed by atoms with van der Waals surface area (Å²) in [5.74, 6) is 0. The molecule has 0 atom stereocenters. The van der Waals surface area contributed by atoms with Crippen LogP contribution in [0.2, 0.25) is 0 Å². The van der Waals surface area contributed by atoms with E-state index in [1.165, 1.54) is 27.4 Å². The Morgan fingerprint density at radius 2 is 1.86 bits per heavy atom. The van der Waals surface area contributed by atoms with Crippen LogP contribution in [0.4, 0.5) is 0 Å². The van der Waals surface area contributed by atoms with Gasteiger partial charge in [-0.05, 0) is 60.4 Å². The third-order valence-electron chi connectivity index (χ3n) is 3.92. The number of fused-ring (bicyclic) bond motifs is 3. The van der Waals surface area contributed by atoms with Crippen LogP contribution in [-0.2, 0) is 12.8 Å². The van der Waals surface area contributed by atoms with E-state index in [2.05, 4.69) is 45.3 Å². The van der Waals surface area contributed by atoms with Crippen LogP contribution in [0.3, 0.4) is 0 Å². The van der Waals surface area contributed by atoms with Crippen molar-refractivity contribution in [3.8, 4) is 0 Å². The van der Waals surface area contributed by atoms with E-state index in [4.69, 9.17) is 0 Å². The van der Waals surface area contributed by atoms with Crippen molar-refractivity contribution in [1.29, 1.82) is 0 Å². The second-order valence-corrected chi connectivity index (χ2v) is 5.23. The number of aromatic nitrogens is 3. The molecule has 0 unspecified atom stereocenters. The van der Waals surface area contributed by atoms with Crippen LogP contribution in [0, 0.1) is 0 Å². The highest BCUT2D eigenvalue weighted by Gasteiger charge is 2.08. The predicted octanol–water partition coefficient (Wildman–Crippen LogP) is 3.90. The Balaban J connectivity index is 1.79. The molecule has 0 bridgehead atoms. The summed E-state index contributed by atoms with van der Waals surface area (Å²) in [4.78, 5) is 12.0. The van der Waals surface area contributed by atoms with Gasteiger partial charge in [0.05, 0.1) is 11.0 Å². The Morgan fingerprint density at radius 1 is 0.952 bits per heavy atom. The molecule has 4 rings (SSSR count). The number of hydrogen-bond donors (Lipinski definition) is 1. The van der Waals surface area contributed by atoms with Crippen molar-refractivity contribution in [2.75, 3.05) is 0 Å². The van der Waals surface area contributed by atoms with Gasteiger partial charge in [-0.3, -0.25) is 9.97 Å². The summed E-state index contributed by atoms with van der Waals surface area (Å²) >= 11 is 0. The van der Waals surface area contributed by atoms with Crippen molar-refractivity contribution >= 4 is 21.8 Å². The molecule has 3 heterocycles. The van der Waals surface area contributed by atoms with Crippen molar-refractivity contribution in [3.63, 3.8) is 0 Å². The normalized spacial score (nSPS) is 11.2. The average molecular weight is 273 g/mol. The van der Waals surface area contributed by atoms with Crippen molar-refractivity contribution in [3.05, 3.63) is 72.3 Å². The molecule has 0 radical (unpaired) electrons. The fourth-order valence-corrected chi connectivity index (χ4v) is 2.87. The Bertz CT molecular complexity index is 894. The molecule has 4 aromatic rings. The molecule has 3 heteroatoms. The first kappa shape index (κ1) is 12.1. The molecule has 0 spiro atoms. The van der Waals surface area contributed by atoms with Crippen LogP contribution in [0.25, 0.3) is 21.8 Å². The molecular formula is C18H15N3. The first-order valence-corrected chi connectivity index (χ1v) is 7.14. The van der Waals surface area contributed by atoms with Crippen molar-refractivity contribution in [1.82, 2.24) is 15.0 Å². The molecule has 0 saturated carbocycles. The number of pyridine rings is 2. The maximum atomic E-state index is 4.59. The molecule has 1 N–H and O–H groups in total. The van der Waals surface area contributed by atoms with Crippen LogP contribution in [0.15, 0.2) is 61.2 Å². The van der Waals surface area contributed by atoms with E-state index in [9.17, 15) is 0 Å². The highest BCUT2D eigenvalue weighted by atomic mass is 14.7. The second kappa shape index (κ2) is 5.02. The van der Waals surface area contributed by atoms with Gasteiger partial charge in [-0.1, -0.05) is 0 Å². The lowest BCUT2D eigenvalue weighted by Gasteiger charge is -2.07. The number of aromatic amines is 1. The van der Waals surface area contributed by atoms with E-state index in [0.29, 0.717) is 0 Å². The van der Waals surface area contributed by atoms with Gasteiger partial charge < -0.3 is 4.98 Å². The third kappa shape index (κ3) is 2.17. The molecule has 0 saturated heterocycles. The quantitative estimate of drug-likeness (QED) is 0.615. The number of rotatable bonds is 3. The molecule has 0 amide bonds. The first-order valence-electron chi connectivity index (χ1n) is 7.14. The molecule has 0 aliphatic rings. The third-order valence-corrected chi connectivity index (χ3v) is 3.92. The molecule has 0 aliphatic carbocycles. The van der Waals surface area contributed by atoms with Gasteiger partial charge in [0.2, 0.25) is 0 Å². The number of aryl methyl sites for hydroxylation is 2. The molecule has 0 aliphatic heterocycles. The molecular weight excluding hydrogens is 258 g/mol. The summed E-state index contributed by atoms with van der Waals surface area (Å²) in [6.07, 6.45) is 9.54. The zero-order valence-corrected chi connectivity index (χ0v) is 11.6. The van der Waals surface area contributed by atoms with Gasteiger partial charge in [0, 0.05) is 35.6 Å². The van der Waals surface area contributed by atoms with Crippen molar-refractivity contribution in [2.24, 2.45) is 0 Å². The Kier molecular flexibility index (Phi) is 2.89. The summed E-state index contributed by atoms with van der Waals surface area (Å²) in [7, 11) is 0.